The Hall–Kier alpha value is -2.93. The van der Waals surface area contributed by atoms with Crippen molar-refractivity contribution in [1.29, 1.82) is 0 Å². The molecule has 28 heavy (non-hydrogen) atoms. The largest absolute Gasteiger partial charge is 0.324 e. The molecule has 0 radical (unpaired) electrons. The molecule has 0 aliphatic carbocycles. The summed E-state index contributed by atoms with van der Waals surface area (Å²) in [6.07, 6.45) is 2.78. The van der Waals surface area contributed by atoms with E-state index in [1.54, 1.807) is 46.1 Å². The van der Waals surface area contributed by atoms with Crippen molar-refractivity contribution in [2.24, 2.45) is 0 Å². The minimum Gasteiger partial charge on any atom is -0.324 e. The molecule has 0 unspecified atom stereocenters. The number of likely N-dealkylation sites (tertiary alicyclic amines) is 1. The third kappa shape index (κ3) is 3.57. The van der Waals surface area contributed by atoms with Crippen LogP contribution in [0, 0.1) is 5.82 Å². The monoisotopic (exact) mass is 400 g/mol. The number of amides is 2. The first-order valence-corrected chi connectivity index (χ1v) is 9.37. The SMILES string of the molecule is O=C(Nc1ccccc1F)N1CCC(n2cnc3cc(Cl)ccc3c2=O)CC1. The first-order valence-electron chi connectivity index (χ1n) is 9.00. The van der Waals surface area contributed by atoms with E-state index >= 15 is 0 Å². The first kappa shape index (κ1) is 18.4. The van der Waals surface area contributed by atoms with Gasteiger partial charge in [-0.3, -0.25) is 9.36 Å². The molecule has 8 heteroatoms. The number of hydrogen-bond acceptors (Lipinski definition) is 3. The first-order chi connectivity index (χ1) is 13.5. The van der Waals surface area contributed by atoms with Gasteiger partial charge < -0.3 is 10.2 Å². The van der Waals surface area contributed by atoms with Crippen molar-refractivity contribution >= 4 is 34.2 Å². The summed E-state index contributed by atoms with van der Waals surface area (Å²) >= 11 is 5.96. The van der Waals surface area contributed by atoms with Gasteiger partial charge in [0.1, 0.15) is 5.82 Å². The van der Waals surface area contributed by atoms with Gasteiger partial charge in [0.2, 0.25) is 0 Å². The average molecular weight is 401 g/mol. The Morgan fingerprint density at radius 2 is 1.93 bits per heavy atom. The number of hydrogen-bond donors (Lipinski definition) is 1. The summed E-state index contributed by atoms with van der Waals surface area (Å²) in [5.41, 5.74) is 0.606. The van der Waals surface area contributed by atoms with Crippen LogP contribution in [0.15, 0.2) is 53.6 Å². The molecule has 0 bridgehead atoms. The van der Waals surface area contributed by atoms with Crippen LogP contribution in [0.1, 0.15) is 18.9 Å². The molecule has 0 saturated carbocycles. The van der Waals surface area contributed by atoms with Gasteiger partial charge in [-0.2, -0.15) is 0 Å². The molecule has 2 heterocycles. The highest BCUT2D eigenvalue weighted by atomic mass is 35.5. The van der Waals surface area contributed by atoms with E-state index in [2.05, 4.69) is 10.3 Å². The molecule has 2 aromatic carbocycles. The lowest BCUT2D eigenvalue weighted by molar-refractivity contribution is 0.182. The van der Waals surface area contributed by atoms with Gasteiger partial charge >= 0.3 is 6.03 Å². The van der Waals surface area contributed by atoms with Crippen LogP contribution in [-0.2, 0) is 0 Å². The third-order valence-electron chi connectivity index (χ3n) is 5.01. The molecular weight excluding hydrogens is 383 g/mol. The summed E-state index contributed by atoms with van der Waals surface area (Å²) in [6, 6.07) is 10.7. The molecule has 4 rings (SSSR count). The number of fused-ring (bicyclic) bond motifs is 1. The standard InChI is InChI=1S/C20H18ClFN4O2/c21-13-5-6-15-18(11-13)23-12-26(19(15)27)14-7-9-25(10-8-14)20(28)24-17-4-2-1-3-16(17)22/h1-6,11-12,14H,7-10H2,(H,24,28). The Labute approximate surface area is 165 Å². The van der Waals surface area contributed by atoms with E-state index in [-0.39, 0.29) is 23.3 Å². The Balaban J connectivity index is 1.45. The predicted octanol–water partition coefficient (Wildman–Crippen LogP) is 4.06. The minimum atomic E-state index is -0.473. The summed E-state index contributed by atoms with van der Waals surface area (Å²) in [5.74, 6) is -0.473. The number of urea groups is 1. The Bertz CT molecular complexity index is 1090. The summed E-state index contributed by atoms with van der Waals surface area (Å²) in [6.45, 7) is 0.937. The van der Waals surface area contributed by atoms with Crippen molar-refractivity contribution in [2.75, 3.05) is 18.4 Å². The highest BCUT2D eigenvalue weighted by Crippen LogP contribution is 2.23. The molecule has 2 amide bonds. The Kier molecular flexibility index (Phi) is 5.00. The van der Waals surface area contributed by atoms with E-state index in [4.69, 9.17) is 11.6 Å². The molecule has 1 N–H and O–H groups in total. The van der Waals surface area contributed by atoms with Gasteiger partial charge in [-0.1, -0.05) is 23.7 Å². The van der Waals surface area contributed by atoms with Crippen molar-refractivity contribution in [3.05, 3.63) is 70.0 Å². The molecule has 1 aromatic heterocycles. The van der Waals surface area contributed by atoms with E-state index in [0.29, 0.717) is 41.9 Å². The zero-order chi connectivity index (χ0) is 19.7. The molecule has 1 aliphatic rings. The van der Waals surface area contributed by atoms with Crippen LogP contribution in [0.5, 0.6) is 0 Å². The van der Waals surface area contributed by atoms with Gasteiger partial charge in [-0.05, 0) is 43.2 Å². The number of aromatic nitrogens is 2. The summed E-state index contributed by atoms with van der Waals surface area (Å²) in [7, 11) is 0. The molecule has 1 aliphatic heterocycles. The third-order valence-corrected chi connectivity index (χ3v) is 5.24. The van der Waals surface area contributed by atoms with E-state index in [0.717, 1.165) is 0 Å². The smallest absolute Gasteiger partial charge is 0.321 e. The molecule has 3 aromatic rings. The predicted molar refractivity (Wildman–Crippen MR) is 106 cm³/mol. The van der Waals surface area contributed by atoms with E-state index < -0.39 is 5.82 Å². The normalized spacial score (nSPS) is 15.0. The molecule has 0 atom stereocenters. The number of nitrogens with zero attached hydrogens (tertiary/aromatic N) is 3. The number of nitrogens with one attached hydrogen (secondary N) is 1. The number of halogens is 2. The fourth-order valence-electron chi connectivity index (χ4n) is 3.47. The van der Waals surface area contributed by atoms with E-state index in [9.17, 15) is 14.0 Å². The topological polar surface area (TPSA) is 67.2 Å². The van der Waals surface area contributed by atoms with Crippen LogP contribution in [0.25, 0.3) is 10.9 Å². The van der Waals surface area contributed by atoms with Gasteiger partial charge in [0.25, 0.3) is 5.56 Å². The quantitative estimate of drug-likeness (QED) is 0.705. The second-order valence-electron chi connectivity index (χ2n) is 6.75. The van der Waals surface area contributed by atoms with Crippen LogP contribution in [0.2, 0.25) is 5.02 Å². The molecule has 6 nitrogen and oxygen atoms in total. The molecular formula is C20H18ClFN4O2. The maximum Gasteiger partial charge on any atom is 0.321 e. The van der Waals surface area contributed by atoms with Crippen LogP contribution < -0.4 is 10.9 Å². The molecule has 0 spiro atoms. The van der Waals surface area contributed by atoms with Gasteiger partial charge in [-0.25, -0.2) is 14.2 Å². The fourth-order valence-corrected chi connectivity index (χ4v) is 3.64. The maximum absolute atomic E-state index is 13.7. The zero-order valence-electron chi connectivity index (χ0n) is 14.9. The lowest BCUT2D eigenvalue weighted by Crippen LogP contribution is -2.43. The number of carbonyl (C=O) groups excluding carboxylic acids is 1. The van der Waals surface area contributed by atoms with Crippen LogP contribution >= 0.6 is 11.6 Å². The van der Waals surface area contributed by atoms with Crippen molar-refractivity contribution < 1.29 is 9.18 Å². The van der Waals surface area contributed by atoms with Crippen LogP contribution in [0.4, 0.5) is 14.9 Å². The van der Waals surface area contributed by atoms with Gasteiger partial charge in [-0.15, -0.1) is 0 Å². The Morgan fingerprint density at radius 3 is 2.68 bits per heavy atom. The summed E-state index contributed by atoms with van der Waals surface area (Å²) in [5, 5.41) is 3.65. The second kappa shape index (κ2) is 7.59. The fraction of sp³-hybridized carbons (Fsp3) is 0.250. The average Bonchev–Trinajstić information content (AvgIpc) is 2.70. The second-order valence-corrected chi connectivity index (χ2v) is 7.18. The van der Waals surface area contributed by atoms with Crippen molar-refractivity contribution in [3.63, 3.8) is 0 Å². The van der Waals surface area contributed by atoms with Crippen molar-refractivity contribution in [1.82, 2.24) is 14.5 Å². The van der Waals surface area contributed by atoms with Gasteiger partial charge in [0, 0.05) is 24.2 Å². The number of carbonyl (C=O) groups is 1. The number of para-hydroxylation sites is 1. The lowest BCUT2D eigenvalue weighted by Gasteiger charge is -2.32. The highest BCUT2D eigenvalue weighted by Gasteiger charge is 2.25. The zero-order valence-corrected chi connectivity index (χ0v) is 15.7. The van der Waals surface area contributed by atoms with E-state index in [1.807, 2.05) is 0 Å². The highest BCUT2D eigenvalue weighted by molar-refractivity contribution is 6.31. The molecule has 1 fully saturated rings. The number of benzene rings is 2. The van der Waals surface area contributed by atoms with Crippen LogP contribution in [0.3, 0.4) is 0 Å². The van der Waals surface area contributed by atoms with Crippen molar-refractivity contribution in [3.8, 4) is 0 Å². The lowest BCUT2D eigenvalue weighted by atomic mass is 10.0. The molecule has 144 valence electrons. The Morgan fingerprint density at radius 1 is 1.18 bits per heavy atom. The summed E-state index contributed by atoms with van der Waals surface area (Å²) < 4.78 is 15.3. The summed E-state index contributed by atoms with van der Waals surface area (Å²) in [4.78, 5) is 31.1. The van der Waals surface area contributed by atoms with E-state index in [1.165, 1.54) is 12.1 Å². The van der Waals surface area contributed by atoms with Crippen molar-refractivity contribution in [2.45, 2.75) is 18.9 Å². The molecule has 1 saturated heterocycles. The van der Waals surface area contributed by atoms with Gasteiger partial charge in [0.15, 0.2) is 0 Å². The number of piperidine rings is 1. The number of anilines is 1. The maximum atomic E-state index is 13.7. The van der Waals surface area contributed by atoms with Gasteiger partial charge in [0.05, 0.1) is 22.9 Å². The number of rotatable bonds is 2. The van der Waals surface area contributed by atoms with Crippen LogP contribution in [-0.4, -0.2) is 33.6 Å². The minimum absolute atomic E-state index is 0.0439.